The molecule has 1 aromatic carbocycles. The monoisotopic (exact) mass is 246 g/mol. The molecule has 0 N–H and O–H groups in total. The van der Waals surface area contributed by atoms with E-state index in [0.29, 0.717) is 0 Å². The van der Waals surface area contributed by atoms with Gasteiger partial charge in [0, 0.05) is 0 Å². The average Bonchev–Trinajstić information content (AvgIpc) is 2.43. The fraction of sp³-hybridized carbons (Fsp3) is 0.143. The van der Waals surface area contributed by atoms with Crippen molar-refractivity contribution in [3.8, 4) is 0 Å². The molecule has 0 atom stereocenters. The normalized spacial score (nSPS) is 9.89. The first-order valence-electron chi connectivity index (χ1n) is 5.29. The molecule has 0 spiro atoms. The molecule has 0 amide bonds. The van der Waals surface area contributed by atoms with Gasteiger partial charge in [-0.15, -0.1) is 0 Å². The van der Waals surface area contributed by atoms with Crippen LogP contribution >= 0.6 is 0 Å². The van der Waals surface area contributed by atoms with Crippen molar-refractivity contribution in [1.82, 2.24) is 0 Å². The van der Waals surface area contributed by atoms with Gasteiger partial charge in [0.05, 0.1) is 14.2 Å². The van der Waals surface area contributed by atoms with Crippen LogP contribution in [0.1, 0.15) is 5.56 Å². The summed E-state index contributed by atoms with van der Waals surface area (Å²) in [6, 6.07) is 9.50. The van der Waals surface area contributed by atoms with Gasteiger partial charge in [-0.1, -0.05) is 42.5 Å². The molecule has 0 aliphatic rings. The minimum absolute atomic E-state index is 0.146. The lowest BCUT2D eigenvalue weighted by atomic mass is 10.2. The zero-order chi connectivity index (χ0) is 13.4. The highest BCUT2D eigenvalue weighted by Gasteiger charge is 2.18. The number of hydrogen-bond donors (Lipinski definition) is 0. The topological polar surface area (TPSA) is 52.6 Å². The van der Waals surface area contributed by atoms with Crippen LogP contribution in [0.3, 0.4) is 0 Å². The van der Waals surface area contributed by atoms with E-state index < -0.39 is 11.9 Å². The Morgan fingerprint density at radius 1 is 1.00 bits per heavy atom. The fourth-order valence-electron chi connectivity index (χ4n) is 1.26. The zero-order valence-electron chi connectivity index (χ0n) is 10.3. The Bertz CT molecular complexity index is 454. The first-order chi connectivity index (χ1) is 8.69. The summed E-state index contributed by atoms with van der Waals surface area (Å²) in [4.78, 5) is 22.7. The van der Waals surface area contributed by atoms with Crippen LogP contribution in [0.25, 0.3) is 6.08 Å². The molecule has 0 heterocycles. The van der Waals surface area contributed by atoms with E-state index >= 15 is 0 Å². The number of rotatable bonds is 4. The molecule has 1 aromatic rings. The van der Waals surface area contributed by atoms with Gasteiger partial charge in [0.25, 0.3) is 0 Å². The van der Waals surface area contributed by atoms with Crippen LogP contribution in [0.15, 0.2) is 48.1 Å². The van der Waals surface area contributed by atoms with Crippen molar-refractivity contribution in [2.75, 3.05) is 14.2 Å². The standard InChI is InChI=1S/C14H14O4/c1-17-13(15)12(14(16)18-2)10-6-9-11-7-4-3-5-8-11/h3-10H,1-2H3. The SMILES string of the molecule is COC(=O)C(=CC=Cc1ccccc1)C(=O)OC. The lowest BCUT2D eigenvalue weighted by molar-refractivity contribution is -0.144. The Morgan fingerprint density at radius 2 is 1.56 bits per heavy atom. The van der Waals surface area contributed by atoms with E-state index in [4.69, 9.17) is 0 Å². The molecule has 4 heteroatoms. The third-order valence-electron chi connectivity index (χ3n) is 2.16. The highest BCUT2D eigenvalue weighted by atomic mass is 16.5. The van der Waals surface area contributed by atoms with Gasteiger partial charge in [-0.3, -0.25) is 0 Å². The minimum Gasteiger partial charge on any atom is -0.465 e. The molecule has 0 aliphatic carbocycles. The molecule has 0 saturated carbocycles. The first kappa shape index (κ1) is 13.7. The minimum atomic E-state index is -0.723. The molecule has 0 radical (unpaired) electrons. The predicted molar refractivity (Wildman–Crippen MR) is 67.6 cm³/mol. The number of methoxy groups -OCH3 is 2. The number of esters is 2. The van der Waals surface area contributed by atoms with Gasteiger partial charge in [-0.25, -0.2) is 9.59 Å². The number of allylic oxidation sites excluding steroid dienone is 2. The maximum Gasteiger partial charge on any atom is 0.345 e. The molecule has 0 aliphatic heterocycles. The van der Waals surface area contributed by atoms with Crippen molar-refractivity contribution in [2.24, 2.45) is 0 Å². The highest BCUT2D eigenvalue weighted by molar-refractivity contribution is 6.14. The van der Waals surface area contributed by atoms with Crippen molar-refractivity contribution in [2.45, 2.75) is 0 Å². The molecule has 0 bridgehead atoms. The molecular formula is C14H14O4. The van der Waals surface area contributed by atoms with Gasteiger partial charge in [-0.05, 0) is 11.6 Å². The quantitative estimate of drug-likeness (QED) is 0.268. The lowest BCUT2D eigenvalue weighted by Crippen LogP contribution is -2.15. The third-order valence-corrected chi connectivity index (χ3v) is 2.16. The molecule has 0 aromatic heterocycles. The van der Waals surface area contributed by atoms with Crippen LogP contribution in [0, 0.1) is 0 Å². The Hall–Kier alpha value is -2.36. The summed E-state index contributed by atoms with van der Waals surface area (Å²) in [6.45, 7) is 0. The van der Waals surface area contributed by atoms with Gasteiger partial charge in [0.1, 0.15) is 5.57 Å². The molecule has 18 heavy (non-hydrogen) atoms. The summed E-state index contributed by atoms with van der Waals surface area (Å²) in [7, 11) is 2.42. The number of hydrogen-bond acceptors (Lipinski definition) is 4. The zero-order valence-corrected chi connectivity index (χ0v) is 10.3. The Kier molecular flexibility index (Phi) is 5.38. The van der Waals surface area contributed by atoms with Crippen molar-refractivity contribution in [3.05, 3.63) is 53.6 Å². The second kappa shape index (κ2) is 7.06. The smallest absolute Gasteiger partial charge is 0.345 e. The summed E-state index contributed by atoms with van der Waals surface area (Å²) in [5.41, 5.74) is 0.815. The summed E-state index contributed by atoms with van der Waals surface area (Å²) in [5, 5.41) is 0. The summed E-state index contributed by atoms with van der Waals surface area (Å²) in [5.74, 6) is -1.45. The van der Waals surface area contributed by atoms with Crippen molar-refractivity contribution < 1.29 is 19.1 Å². The summed E-state index contributed by atoms with van der Waals surface area (Å²) in [6.07, 6.45) is 4.73. The summed E-state index contributed by atoms with van der Waals surface area (Å²) < 4.78 is 8.99. The van der Waals surface area contributed by atoms with E-state index in [0.717, 1.165) is 5.56 Å². The summed E-state index contributed by atoms with van der Waals surface area (Å²) >= 11 is 0. The third kappa shape index (κ3) is 3.90. The van der Waals surface area contributed by atoms with Crippen LogP contribution in [-0.4, -0.2) is 26.2 Å². The van der Waals surface area contributed by atoms with Crippen molar-refractivity contribution >= 4 is 18.0 Å². The maximum absolute atomic E-state index is 11.3. The van der Waals surface area contributed by atoms with E-state index in [1.54, 1.807) is 12.2 Å². The van der Waals surface area contributed by atoms with Crippen LogP contribution in [0.5, 0.6) is 0 Å². The number of ether oxygens (including phenoxy) is 2. The second-order valence-corrected chi connectivity index (χ2v) is 3.33. The van der Waals surface area contributed by atoms with Gasteiger partial charge >= 0.3 is 11.9 Å². The maximum atomic E-state index is 11.3. The molecule has 0 unspecified atom stereocenters. The van der Waals surface area contributed by atoms with Gasteiger partial charge < -0.3 is 9.47 Å². The van der Waals surface area contributed by atoms with E-state index in [-0.39, 0.29) is 5.57 Å². The largest absolute Gasteiger partial charge is 0.465 e. The van der Waals surface area contributed by atoms with E-state index in [9.17, 15) is 9.59 Å². The fourth-order valence-corrected chi connectivity index (χ4v) is 1.26. The Morgan fingerprint density at radius 3 is 2.06 bits per heavy atom. The average molecular weight is 246 g/mol. The number of carbonyl (C=O) groups excluding carboxylic acids is 2. The van der Waals surface area contributed by atoms with Gasteiger partial charge in [0.15, 0.2) is 0 Å². The van der Waals surface area contributed by atoms with E-state index in [1.807, 2.05) is 30.3 Å². The second-order valence-electron chi connectivity index (χ2n) is 3.33. The molecule has 0 fully saturated rings. The molecular weight excluding hydrogens is 232 g/mol. The van der Waals surface area contributed by atoms with Gasteiger partial charge in [0.2, 0.25) is 0 Å². The van der Waals surface area contributed by atoms with E-state index in [2.05, 4.69) is 9.47 Å². The Balaban J connectivity index is 2.87. The van der Waals surface area contributed by atoms with Crippen molar-refractivity contribution in [1.29, 1.82) is 0 Å². The molecule has 1 rings (SSSR count). The van der Waals surface area contributed by atoms with Crippen LogP contribution in [-0.2, 0) is 19.1 Å². The first-order valence-corrected chi connectivity index (χ1v) is 5.29. The molecule has 4 nitrogen and oxygen atoms in total. The van der Waals surface area contributed by atoms with Crippen LogP contribution < -0.4 is 0 Å². The highest BCUT2D eigenvalue weighted by Crippen LogP contribution is 2.04. The number of carbonyl (C=O) groups is 2. The Labute approximate surface area is 106 Å². The lowest BCUT2D eigenvalue weighted by Gasteiger charge is -2.01. The number of benzene rings is 1. The molecule has 94 valence electrons. The van der Waals surface area contributed by atoms with Crippen LogP contribution in [0.2, 0.25) is 0 Å². The van der Waals surface area contributed by atoms with Gasteiger partial charge in [-0.2, -0.15) is 0 Å². The predicted octanol–water partition coefficient (Wildman–Crippen LogP) is 1.97. The van der Waals surface area contributed by atoms with Crippen molar-refractivity contribution in [3.63, 3.8) is 0 Å². The van der Waals surface area contributed by atoms with Crippen LogP contribution in [0.4, 0.5) is 0 Å². The van der Waals surface area contributed by atoms with E-state index in [1.165, 1.54) is 20.3 Å². The molecule has 0 saturated heterocycles.